The molecule has 0 radical (unpaired) electrons. The van der Waals surface area contributed by atoms with E-state index in [0.29, 0.717) is 16.7 Å². The van der Waals surface area contributed by atoms with Gasteiger partial charge in [-0.05, 0) is 48.4 Å². The monoisotopic (exact) mass is 443 g/mol. The molecule has 0 saturated carbocycles. The zero-order valence-corrected chi connectivity index (χ0v) is 17.0. The third kappa shape index (κ3) is 4.71. The SMILES string of the molecule is Cc1ccc(C(=O)c2ccc(Br)cc2)cc1S(=O)(=O)NCc1ccccc1. The Kier molecular flexibility index (Phi) is 5.89. The van der Waals surface area contributed by atoms with E-state index in [0.717, 1.165) is 10.0 Å². The van der Waals surface area contributed by atoms with Gasteiger partial charge in [0, 0.05) is 22.1 Å². The fraction of sp³-hybridized carbons (Fsp3) is 0.0952. The van der Waals surface area contributed by atoms with Gasteiger partial charge in [0.25, 0.3) is 0 Å². The van der Waals surface area contributed by atoms with Crippen LogP contribution in [0.5, 0.6) is 0 Å². The summed E-state index contributed by atoms with van der Waals surface area (Å²) in [5.41, 5.74) is 2.29. The van der Waals surface area contributed by atoms with Crippen molar-refractivity contribution in [3.05, 3.63) is 99.5 Å². The molecule has 0 amide bonds. The van der Waals surface area contributed by atoms with E-state index in [1.54, 1.807) is 43.3 Å². The van der Waals surface area contributed by atoms with Crippen molar-refractivity contribution in [1.29, 1.82) is 0 Å². The van der Waals surface area contributed by atoms with E-state index in [1.165, 1.54) is 6.07 Å². The second-order valence-electron chi connectivity index (χ2n) is 6.13. The first-order valence-corrected chi connectivity index (χ1v) is 10.6. The Balaban J connectivity index is 1.88. The molecule has 6 heteroatoms. The van der Waals surface area contributed by atoms with Crippen molar-refractivity contribution in [3.8, 4) is 0 Å². The van der Waals surface area contributed by atoms with Crippen molar-refractivity contribution in [3.63, 3.8) is 0 Å². The van der Waals surface area contributed by atoms with Gasteiger partial charge in [-0.3, -0.25) is 4.79 Å². The number of rotatable bonds is 6. The Hall–Kier alpha value is -2.28. The molecule has 4 nitrogen and oxygen atoms in total. The Morgan fingerprint density at radius 2 is 1.56 bits per heavy atom. The molecular formula is C21H18BrNO3S. The average Bonchev–Trinajstić information content (AvgIpc) is 2.67. The van der Waals surface area contributed by atoms with Crippen LogP contribution in [0.3, 0.4) is 0 Å². The zero-order valence-electron chi connectivity index (χ0n) is 14.6. The summed E-state index contributed by atoms with van der Waals surface area (Å²) in [6, 6.07) is 21.0. The van der Waals surface area contributed by atoms with Gasteiger partial charge in [0.15, 0.2) is 5.78 Å². The van der Waals surface area contributed by atoms with Gasteiger partial charge >= 0.3 is 0 Å². The van der Waals surface area contributed by atoms with Gasteiger partial charge < -0.3 is 0 Å². The maximum Gasteiger partial charge on any atom is 0.241 e. The predicted molar refractivity (Wildman–Crippen MR) is 109 cm³/mol. The van der Waals surface area contributed by atoms with E-state index in [-0.39, 0.29) is 17.2 Å². The van der Waals surface area contributed by atoms with Gasteiger partial charge in [0.1, 0.15) is 0 Å². The molecule has 0 aliphatic carbocycles. The second kappa shape index (κ2) is 8.17. The van der Waals surface area contributed by atoms with Crippen molar-refractivity contribution < 1.29 is 13.2 Å². The van der Waals surface area contributed by atoms with Gasteiger partial charge in [-0.1, -0.05) is 58.4 Å². The largest absolute Gasteiger partial charge is 0.289 e. The van der Waals surface area contributed by atoms with Gasteiger partial charge in [-0.15, -0.1) is 0 Å². The Labute approximate surface area is 167 Å². The van der Waals surface area contributed by atoms with E-state index in [1.807, 2.05) is 30.3 Å². The number of sulfonamides is 1. The fourth-order valence-electron chi connectivity index (χ4n) is 2.65. The number of hydrogen-bond acceptors (Lipinski definition) is 3. The zero-order chi connectivity index (χ0) is 19.4. The fourth-order valence-corrected chi connectivity index (χ4v) is 4.20. The van der Waals surface area contributed by atoms with E-state index in [9.17, 15) is 13.2 Å². The van der Waals surface area contributed by atoms with Crippen molar-refractivity contribution in [2.75, 3.05) is 0 Å². The first-order chi connectivity index (χ1) is 12.9. The quantitative estimate of drug-likeness (QED) is 0.571. The van der Waals surface area contributed by atoms with E-state index in [2.05, 4.69) is 20.7 Å². The molecule has 0 aromatic heterocycles. The maximum absolute atomic E-state index is 12.8. The van der Waals surface area contributed by atoms with E-state index in [4.69, 9.17) is 0 Å². The van der Waals surface area contributed by atoms with Crippen LogP contribution in [0, 0.1) is 6.92 Å². The maximum atomic E-state index is 12.8. The number of carbonyl (C=O) groups is 1. The molecule has 0 atom stereocenters. The van der Waals surface area contributed by atoms with Crippen LogP contribution in [0.1, 0.15) is 27.0 Å². The molecule has 0 heterocycles. The molecule has 3 aromatic rings. The van der Waals surface area contributed by atoms with Gasteiger partial charge in [0.05, 0.1) is 4.90 Å². The Bertz CT molecular complexity index is 1060. The number of benzene rings is 3. The number of hydrogen-bond donors (Lipinski definition) is 1. The normalized spacial score (nSPS) is 11.3. The second-order valence-corrected chi connectivity index (χ2v) is 8.78. The summed E-state index contributed by atoms with van der Waals surface area (Å²) < 4.78 is 29.0. The number of halogens is 1. The van der Waals surface area contributed by atoms with Crippen molar-refractivity contribution in [1.82, 2.24) is 4.72 Å². The summed E-state index contributed by atoms with van der Waals surface area (Å²) in [6.07, 6.45) is 0. The molecule has 3 aromatic carbocycles. The molecule has 1 N–H and O–H groups in total. The third-order valence-electron chi connectivity index (χ3n) is 4.16. The van der Waals surface area contributed by atoms with Crippen LogP contribution in [0.15, 0.2) is 82.2 Å². The van der Waals surface area contributed by atoms with Crippen molar-refractivity contribution in [2.24, 2.45) is 0 Å². The highest BCUT2D eigenvalue weighted by Gasteiger charge is 2.19. The number of carbonyl (C=O) groups excluding carboxylic acids is 1. The number of ketones is 1. The molecule has 138 valence electrons. The lowest BCUT2D eigenvalue weighted by molar-refractivity contribution is 0.103. The molecule has 0 saturated heterocycles. The molecule has 0 fully saturated rings. The van der Waals surface area contributed by atoms with Crippen LogP contribution in [0.4, 0.5) is 0 Å². The number of aryl methyl sites for hydroxylation is 1. The van der Waals surface area contributed by atoms with Crippen LogP contribution < -0.4 is 4.72 Å². The summed E-state index contributed by atoms with van der Waals surface area (Å²) >= 11 is 3.34. The van der Waals surface area contributed by atoms with E-state index < -0.39 is 10.0 Å². The molecule has 0 unspecified atom stereocenters. The van der Waals surface area contributed by atoms with Gasteiger partial charge in [0.2, 0.25) is 10.0 Å². The molecule has 0 bridgehead atoms. The summed E-state index contributed by atoms with van der Waals surface area (Å²) in [7, 11) is -3.74. The molecule has 3 rings (SSSR count). The smallest absolute Gasteiger partial charge is 0.241 e. The first-order valence-electron chi connectivity index (χ1n) is 8.31. The lowest BCUT2D eigenvalue weighted by Gasteiger charge is -2.11. The minimum Gasteiger partial charge on any atom is -0.289 e. The molecule has 27 heavy (non-hydrogen) atoms. The first kappa shape index (κ1) is 19.5. The molecule has 0 aliphatic rings. The highest BCUT2D eigenvalue weighted by atomic mass is 79.9. The van der Waals surface area contributed by atoms with Crippen molar-refractivity contribution in [2.45, 2.75) is 18.4 Å². The van der Waals surface area contributed by atoms with Gasteiger partial charge in [-0.2, -0.15) is 0 Å². The van der Waals surface area contributed by atoms with Crippen LogP contribution in [0.25, 0.3) is 0 Å². The minimum atomic E-state index is -3.74. The summed E-state index contributed by atoms with van der Waals surface area (Å²) in [6.45, 7) is 1.90. The summed E-state index contributed by atoms with van der Waals surface area (Å²) in [5.74, 6) is -0.220. The van der Waals surface area contributed by atoms with Crippen molar-refractivity contribution >= 4 is 31.7 Å². The molecule has 0 spiro atoms. The Morgan fingerprint density at radius 3 is 2.22 bits per heavy atom. The molecular weight excluding hydrogens is 426 g/mol. The lowest BCUT2D eigenvalue weighted by Crippen LogP contribution is -2.24. The van der Waals surface area contributed by atoms with Crippen LogP contribution in [-0.4, -0.2) is 14.2 Å². The number of nitrogens with one attached hydrogen (secondary N) is 1. The highest BCUT2D eigenvalue weighted by molar-refractivity contribution is 9.10. The average molecular weight is 444 g/mol. The van der Waals surface area contributed by atoms with Crippen LogP contribution in [-0.2, 0) is 16.6 Å². The van der Waals surface area contributed by atoms with Crippen LogP contribution >= 0.6 is 15.9 Å². The third-order valence-corrected chi connectivity index (χ3v) is 6.23. The highest BCUT2D eigenvalue weighted by Crippen LogP contribution is 2.20. The Morgan fingerprint density at radius 1 is 0.926 bits per heavy atom. The summed E-state index contributed by atoms with van der Waals surface area (Å²) in [5, 5.41) is 0. The lowest BCUT2D eigenvalue weighted by atomic mass is 10.0. The van der Waals surface area contributed by atoms with Gasteiger partial charge in [-0.25, -0.2) is 13.1 Å². The minimum absolute atomic E-state index is 0.112. The standard InChI is InChI=1S/C21H18BrNO3S/c1-15-7-8-18(21(24)17-9-11-19(22)12-10-17)13-20(15)27(25,26)23-14-16-5-3-2-4-6-16/h2-13,23H,14H2,1H3. The van der Waals surface area contributed by atoms with E-state index >= 15 is 0 Å². The summed E-state index contributed by atoms with van der Waals surface area (Å²) in [4.78, 5) is 12.8. The predicted octanol–water partition coefficient (Wildman–Crippen LogP) is 4.47. The molecule has 0 aliphatic heterocycles. The topological polar surface area (TPSA) is 63.2 Å². The van der Waals surface area contributed by atoms with Crippen LogP contribution in [0.2, 0.25) is 0 Å².